The lowest BCUT2D eigenvalue weighted by molar-refractivity contribution is -0.148. The molecule has 2 aromatic rings. The molecule has 3 aliphatic rings. The summed E-state index contributed by atoms with van der Waals surface area (Å²) in [5, 5.41) is 10.8. The van der Waals surface area contributed by atoms with Crippen molar-refractivity contribution in [3.63, 3.8) is 0 Å². The van der Waals surface area contributed by atoms with Crippen molar-refractivity contribution in [3.8, 4) is 0 Å². The number of aryl methyl sites for hydroxylation is 1. The fourth-order valence-corrected chi connectivity index (χ4v) is 7.91. The number of halogens is 1. The lowest BCUT2D eigenvalue weighted by Gasteiger charge is -2.39. The Morgan fingerprint density at radius 2 is 1.77 bits per heavy atom. The Kier molecular flexibility index (Phi) is 8.58. The van der Waals surface area contributed by atoms with Crippen LogP contribution in [0.3, 0.4) is 0 Å². The molecule has 1 N–H and O–H groups in total. The molecule has 0 aromatic heterocycles. The van der Waals surface area contributed by atoms with Gasteiger partial charge in [0.15, 0.2) is 0 Å². The van der Waals surface area contributed by atoms with E-state index in [-0.39, 0.29) is 37.4 Å². The number of fused-ring (bicyclic) bond motifs is 1. The minimum atomic E-state index is -1.25. The second-order valence-corrected chi connectivity index (χ2v) is 12.3. The van der Waals surface area contributed by atoms with Crippen LogP contribution in [0.1, 0.15) is 38.7 Å². The van der Waals surface area contributed by atoms with Crippen molar-refractivity contribution in [1.82, 2.24) is 4.90 Å². The first kappa shape index (κ1) is 31.0. The standard InChI is InChI=1S/C34H40ClN3O5/c1-6-19-36(24-14-10-9-11-15-24)30(40)26-27-31(41)38(23(8-3)21-39)29(34(27)18-17-33(26,5)43-34)32(42)37(20-7-2)28-22(4)13-12-16-25(28)35/h6-7,9-16,23,26-27,29,39H,1-2,8,17-21H2,3-5H3/t23-,26+,27-,29?,33-,34?/m0/s1. The molecule has 43 heavy (non-hydrogen) atoms. The number of nitrogens with zero attached hydrogens (tertiary/aromatic N) is 3. The van der Waals surface area contributed by atoms with E-state index in [0.29, 0.717) is 35.7 Å². The maximum Gasteiger partial charge on any atom is 0.253 e. The molecule has 5 rings (SSSR count). The first-order valence-corrected chi connectivity index (χ1v) is 15.3. The summed E-state index contributed by atoms with van der Waals surface area (Å²) in [6.07, 6.45) is 4.63. The molecule has 1 spiro atoms. The molecule has 3 aliphatic heterocycles. The Balaban J connectivity index is 1.65. The van der Waals surface area contributed by atoms with Gasteiger partial charge in [0.1, 0.15) is 11.6 Å². The third kappa shape index (κ3) is 4.80. The summed E-state index contributed by atoms with van der Waals surface area (Å²) < 4.78 is 6.84. The van der Waals surface area contributed by atoms with Crippen LogP contribution in [-0.2, 0) is 19.1 Å². The second kappa shape index (κ2) is 11.9. The molecule has 0 aliphatic carbocycles. The molecule has 3 heterocycles. The SMILES string of the molecule is C=CCN(C(=O)[C@H]1[C@H]2C(=O)N([C@@H](CC)CO)C(C(=O)N(CC=C)c3c(C)cccc3Cl)C23CC[C@]1(C)O3)c1ccccc1. The Hall–Kier alpha value is -3.46. The predicted octanol–water partition coefficient (Wildman–Crippen LogP) is 4.92. The normalized spacial score (nSPS) is 28.0. The summed E-state index contributed by atoms with van der Waals surface area (Å²) >= 11 is 6.65. The van der Waals surface area contributed by atoms with Crippen LogP contribution in [-0.4, -0.2) is 70.7 Å². The highest BCUT2D eigenvalue weighted by Gasteiger charge is 2.79. The third-order valence-corrected chi connectivity index (χ3v) is 9.78. The average Bonchev–Trinajstić information content (AvgIpc) is 3.56. The Bertz CT molecular complexity index is 1410. The predicted molar refractivity (Wildman–Crippen MR) is 168 cm³/mol. The lowest BCUT2D eigenvalue weighted by Crippen LogP contribution is -2.59. The van der Waals surface area contributed by atoms with Crippen molar-refractivity contribution in [1.29, 1.82) is 0 Å². The van der Waals surface area contributed by atoms with E-state index in [9.17, 15) is 19.5 Å². The zero-order chi connectivity index (χ0) is 31.1. The molecule has 0 saturated carbocycles. The minimum Gasteiger partial charge on any atom is -0.394 e. The molecule has 6 atom stereocenters. The number of hydrogen-bond acceptors (Lipinski definition) is 5. The first-order valence-electron chi connectivity index (χ1n) is 14.9. The van der Waals surface area contributed by atoms with Crippen LogP contribution in [0.5, 0.6) is 0 Å². The topological polar surface area (TPSA) is 90.4 Å². The van der Waals surface area contributed by atoms with Crippen LogP contribution in [0, 0.1) is 18.8 Å². The molecule has 0 radical (unpaired) electrons. The number of aliphatic hydroxyl groups excluding tert-OH is 1. The van der Waals surface area contributed by atoms with Crippen molar-refractivity contribution >= 4 is 40.7 Å². The quantitative estimate of drug-likeness (QED) is 0.367. The van der Waals surface area contributed by atoms with Crippen LogP contribution >= 0.6 is 11.6 Å². The van der Waals surface area contributed by atoms with Gasteiger partial charge in [0.25, 0.3) is 5.91 Å². The molecular formula is C34H40ClN3O5. The van der Waals surface area contributed by atoms with Crippen molar-refractivity contribution < 1.29 is 24.2 Å². The molecular weight excluding hydrogens is 566 g/mol. The van der Waals surface area contributed by atoms with Gasteiger partial charge in [-0.3, -0.25) is 14.4 Å². The minimum absolute atomic E-state index is 0.152. The number of likely N-dealkylation sites (tertiary alicyclic amines) is 1. The highest BCUT2D eigenvalue weighted by molar-refractivity contribution is 6.34. The van der Waals surface area contributed by atoms with Gasteiger partial charge in [-0.05, 0) is 56.9 Å². The van der Waals surface area contributed by atoms with Crippen LogP contribution in [0.25, 0.3) is 0 Å². The first-order chi connectivity index (χ1) is 20.6. The molecule has 9 heteroatoms. The molecule has 3 fully saturated rings. The fraction of sp³-hybridized carbons (Fsp3) is 0.441. The van der Waals surface area contributed by atoms with E-state index in [4.69, 9.17) is 16.3 Å². The smallest absolute Gasteiger partial charge is 0.253 e. The number of anilines is 2. The lowest BCUT2D eigenvalue weighted by atomic mass is 9.66. The van der Waals surface area contributed by atoms with Crippen LogP contribution in [0.15, 0.2) is 73.8 Å². The highest BCUT2D eigenvalue weighted by Crippen LogP contribution is 2.64. The van der Waals surface area contributed by atoms with Crippen molar-refractivity contribution in [3.05, 3.63) is 84.4 Å². The summed E-state index contributed by atoms with van der Waals surface area (Å²) in [6.45, 7) is 13.4. The van der Waals surface area contributed by atoms with Gasteiger partial charge in [0, 0.05) is 18.8 Å². The molecule has 3 saturated heterocycles. The van der Waals surface area contributed by atoms with E-state index in [1.54, 1.807) is 28.0 Å². The molecule has 228 valence electrons. The van der Waals surface area contributed by atoms with Crippen LogP contribution < -0.4 is 9.80 Å². The number of carbonyl (C=O) groups excluding carboxylic acids is 3. The van der Waals surface area contributed by atoms with E-state index >= 15 is 0 Å². The van der Waals surface area contributed by atoms with E-state index in [2.05, 4.69) is 13.2 Å². The monoisotopic (exact) mass is 605 g/mol. The molecule has 2 aromatic carbocycles. The zero-order valence-electron chi connectivity index (χ0n) is 25.0. The summed E-state index contributed by atoms with van der Waals surface area (Å²) in [4.78, 5) is 48.6. The summed E-state index contributed by atoms with van der Waals surface area (Å²) in [5.74, 6) is -2.70. The van der Waals surface area contributed by atoms with Gasteiger partial charge in [0.05, 0.1) is 40.8 Å². The second-order valence-electron chi connectivity index (χ2n) is 11.9. The number of para-hydroxylation sites is 2. The van der Waals surface area contributed by atoms with Gasteiger partial charge in [-0.1, -0.05) is 61.0 Å². The third-order valence-electron chi connectivity index (χ3n) is 9.47. The Morgan fingerprint density at radius 1 is 1.09 bits per heavy atom. The van der Waals surface area contributed by atoms with Gasteiger partial charge < -0.3 is 24.5 Å². The number of carbonyl (C=O) groups is 3. The molecule has 8 nitrogen and oxygen atoms in total. The Labute approximate surface area is 258 Å². The van der Waals surface area contributed by atoms with Crippen molar-refractivity contribution in [2.45, 2.75) is 63.3 Å². The maximum atomic E-state index is 14.9. The largest absolute Gasteiger partial charge is 0.394 e. The van der Waals surface area contributed by atoms with E-state index in [0.717, 1.165) is 5.56 Å². The van der Waals surface area contributed by atoms with E-state index in [1.165, 1.54) is 4.90 Å². The number of hydrogen-bond donors (Lipinski definition) is 1. The van der Waals surface area contributed by atoms with Crippen molar-refractivity contribution in [2.24, 2.45) is 11.8 Å². The fourth-order valence-electron chi connectivity index (χ4n) is 7.59. The summed E-state index contributed by atoms with van der Waals surface area (Å²) in [5.41, 5.74) is -0.194. The Morgan fingerprint density at radius 3 is 2.37 bits per heavy atom. The summed E-state index contributed by atoms with van der Waals surface area (Å²) in [7, 11) is 0. The number of benzene rings is 2. The van der Waals surface area contributed by atoms with Gasteiger partial charge in [-0.25, -0.2) is 0 Å². The van der Waals surface area contributed by atoms with Crippen LogP contribution in [0.4, 0.5) is 11.4 Å². The average molecular weight is 606 g/mol. The van der Waals surface area contributed by atoms with Gasteiger partial charge in [-0.2, -0.15) is 0 Å². The number of aliphatic hydroxyl groups is 1. The van der Waals surface area contributed by atoms with Gasteiger partial charge >= 0.3 is 0 Å². The molecule has 2 bridgehead atoms. The van der Waals surface area contributed by atoms with Gasteiger partial charge in [-0.15, -0.1) is 13.2 Å². The highest BCUT2D eigenvalue weighted by atomic mass is 35.5. The van der Waals surface area contributed by atoms with Crippen molar-refractivity contribution in [2.75, 3.05) is 29.5 Å². The number of rotatable bonds is 11. The maximum absolute atomic E-state index is 14.9. The zero-order valence-corrected chi connectivity index (χ0v) is 25.8. The summed E-state index contributed by atoms with van der Waals surface area (Å²) in [6, 6.07) is 13.0. The molecule has 2 unspecified atom stereocenters. The van der Waals surface area contributed by atoms with Crippen LogP contribution in [0.2, 0.25) is 5.02 Å². The van der Waals surface area contributed by atoms with E-state index < -0.39 is 35.1 Å². The number of ether oxygens (including phenoxy) is 1. The van der Waals surface area contributed by atoms with Gasteiger partial charge in [0.2, 0.25) is 11.8 Å². The van der Waals surface area contributed by atoms with E-state index in [1.807, 2.05) is 63.2 Å². The molecule has 3 amide bonds. The number of amides is 3.